The molecule has 3 heteroatoms. The molecule has 3 nitrogen and oxygen atoms in total. The van der Waals surface area contributed by atoms with Crippen molar-refractivity contribution in [2.75, 3.05) is 12.0 Å². The second-order valence-electron chi connectivity index (χ2n) is 4.24. The highest BCUT2D eigenvalue weighted by Gasteiger charge is 2.32. The zero-order valence-electron chi connectivity index (χ0n) is 8.57. The molecule has 78 valence electrons. The van der Waals surface area contributed by atoms with Crippen LogP contribution in [-0.4, -0.2) is 23.5 Å². The Morgan fingerprint density at radius 2 is 2.07 bits per heavy atom. The number of amides is 1. The molecule has 1 aromatic rings. The number of nitrogens with one attached hydrogen (secondary N) is 1. The number of rotatable bonds is 1. The van der Waals surface area contributed by atoms with Crippen LogP contribution in [0.4, 0.5) is 5.69 Å². The van der Waals surface area contributed by atoms with E-state index in [-0.39, 0.29) is 5.91 Å². The minimum absolute atomic E-state index is 0.189. The quantitative estimate of drug-likeness (QED) is 0.756. The molecule has 1 amide bonds. The summed E-state index contributed by atoms with van der Waals surface area (Å²) in [7, 11) is 0. The molecular weight excluding hydrogens is 188 g/mol. The highest BCUT2D eigenvalue weighted by atomic mass is 16.2. The van der Waals surface area contributed by atoms with Crippen molar-refractivity contribution >= 4 is 11.6 Å². The van der Waals surface area contributed by atoms with Gasteiger partial charge in [-0.3, -0.25) is 4.79 Å². The van der Waals surface area contributed by atoms with Crippen molar-refractivity contribution in [2.45, 2.75) is 25.3 Å². The lowest BCUT2D eigenvalue weighted by molar-refractivity contribution is 0.0588. The second-order valence-corrected chi connectivity index (χ2v) is 4.24. The van der Waals surface area contributed by atoms with Crippen LogP contribution in [0, 0.1) is 0 Å². The van der Waals surface area contributed by atoms with Crippen molar-refractivity contribution in [3.8, 4) is 0 Å². The molecule has 0 bridgehead atoms. The molecule has 0 saturated heterocycles. The van der Waals surface area contributed by atoms with Gasteiger partial charge in [-0.1, -0.05) is 12.1 Å². The number of carbonyl (C=O) groups excluding carboxylic acids is 1. The summed E-state index contributed by atoms with van der Waals surface area (Å²) in [4.78, 5) is 14.1. The number of fused-ring (bicyclic) bond motifs is 1. The van der Waals surface area contributed by atoms with E-state index in [9.17, 15) is 4.79 Å². The third-order valence-corrected chi connectivity index (χ3v) is 3.37. The molecule has 1 heterocycles. The number of benzene rings is 1. The van der Waals surface area contributed by atoms with Gasteiger partial charge in [0.15, 0.2) is 0 Å². The molecule has 0 atom stereocenters. The van der Waals surface area contributed by atoms with Gasteiger partial charge in [0.1, 0.15) is 0 Å². The smallest absolute Gasteiger partial charge is 0.257 e. The van der Waals surface area contributed by atoms with Crippen molar-refractivity contribution in [3.63, 3.8) is 0 Å². The first-order valence-corrected chi connectivity index (χ1v) is 5.50. The molecular formula is C12H14N2O. The maximum Gasteiger partial charge on any atom is 0.257 e. The number of anilines is 1. The van der Waals surface area contributed by atoms with Gasteiger partial charge in [0, 0.05) is 11.7 Å². The average Bonchev–Trinajstić information content (AvgIpc) is 2.20. The summed E-state index contributed by atoms with van der Waals surface area (Å²) >= 11 is 0. The largest absolute Gasteiger partial charge is 0.367 e. The van der Waals surface area contributed by atoms with Gasteiger partial charge >= 0.3 is 0 Å². The highest BCUT2D eigenvalue weighted by Crippen LogP contribution is 2.30. The maximum atomic E-state index is 12.1. The molecule has 1 saturated carbocycles. The SMILES string of the molecule is O=C1c2ccccc2NCN1C1CCC1. The lowest BCUT2D eigenvalue weighted by atomic mass is 9.90. The normalized spacial score (nSPS) is 20.5. The Hall–Kier alpha value is -1.51. The molecule has 0 unspecified atom stereocenters. The van der Waals surface area contributed by atoms with E-state index in [1.165, 1.54) is 6.42 Å². The molecule has 1 aliphatic carbocycles. The predicted octanol–water partition coefficient (Wildman–Crippen LogP) is 2.06. The lowest BCUT2D eigenvalue weighted by Gasteiger charge is -2.40. The van der Waals surface area contributed by atoms with E-state index >= 15 is 0 Å². The fourth-order valence-electron chi connectivity index (χ4n) is 2.21. The van der Waals surface area contributed by atoms with Crippen LogP contribution in [0.5, 0.6) is 0 Å². The Morgan fingerprint density at radius 3 is 2.80 bits per heavy atom. The maximum absolute atomic E-state index is 12.1. The third kappa shape index (κ3) is 1.30. The van der Waals surface area contributed by atoms with Gasteiger partial charge in [0.25, 0.3) is 5.91 Å². The van der Waals surface area contributed by atoms with Crippen molar-refractivity contribution in [2.24, 2.45) is 0 Å². The first kappa shape index (κ1) is 8.77. The zero-order valence-corrected chi connectivity index (χ0v) is 8.57. The van der Waals surface area contributed by atoms with Gasteiger partial charge in [0.05, 0.1) is 12.2 Å². The standard InChI is InChI=1S/C12H14N2O/c15-12-10-6-1-2-7-11(10)13-8-14(12)9-4-3-5-9/h1-2,6-7,9,13H,3-5,8H2. The summed E-state index contributed by atoms with van der Waals surface area (Å²) in [6, 6.07) is 8.21. The summed E-state index contributed by atoms with van der Waals surface area (Å²) < 4.78 is 0. The van der Waals surface area contributed by atoms with Gasteiger partial charge in [-0.2, -0.15) is 0 Å². The van der Waals surface area contributed by atoms with Crippen molar-refractivity contribution in [3.05, 3.63) is 29.8 Å². The number of carbonyl (C=O) groups is 1. The van der Waals surface area contributed by atoms with E-state index in [1.807, 2.05) is 29.2 Å². The summed E-state index contributed by atoms with van der Waals surface area (Å²) in [5, 5.41) is 3.30. The lowest BCUT2D eigenvalue weighted by Crippen LogP contribution is -2.49. The molecule has 0 spiro atoms. The second kappa shape index (κ2) is 3.26. The molecule has 1 aromatic carbocycles. The first-order chi connectivity index (χ1) is 7.36. The van der Waals surface area contributed by atoms with Gasteiger partial charge in [-0.15, -0.1) is 0 Å². The number of para-hydroxylation sites is 1. The highest BCUT2D eigenvalue weighted by molar-refractivity contribution is 6.01. The van der Waals surface area contributed by atoms with Crippen molar-refractivity contribution in [1.29, 1.82) is 0 Å². The Morgan fingerprint density at radius 1 is 1.27 bits per heavy atom. The molecule has 0 aromatic heterocycles. The summed E-state index contributed by atoms with van der Waals surface area (Å²) in [6.45, 7) is 0.667. The molecule has 1 N–H and O–H groups in total. The number of nitrogens with zero attached hydrogens (tertiary/aromatic N) is 1. The monoisotopic (exact) mass is 202 g/mol. The average molecular weight is 202 g/mol. The topological polar surface area (TPSA) is 32.3 Å². The van der Waals surface area contributed by atoms with Crippen LogP contribution in [0.1, 0.15) is 29.6 Å². The Labute approximate surface area is 89.1 Å². The van der Waals surface area contributed by atoms with Crippen LogP contribution < -0.4 is 5.32 Å². The minimum atomic E-state index is 0.189. The number of hydrogen-bond acceptors (Lipinski definition) is 2. The molecule has 0 radical (unpaired) electrons. The molecule has 1 fully saturated rings. The van der Waals surface area contributed by atoms with Crippen LogP contribution in [0.3, 0.4) is 0 Å². The van der Waals surface area contributed by atoms with Crippen LogP contribution in [-0.2, 0) is 0 Å². The van der Waals surface area contributed by atoms with Gasteiger partial charge in [0.2, 0.25) is 0 Å². The van der Waals surface area contributed by atoms with E-state index in [0.29, 0.717) is 12.7 Å². The molecule has 15 heavy (non-hydrogen) atoms. The van der Waals surface area contributed by atoms with Crippen LogP contribution in [0.15, 0.2) is 24.3 Å². The van der Waals surface area contributed by atoms with E-state index < -0.39 is 0 Å². The van der Waals surface area contributed by atoms with Crippen molar-refractivity contribution in [1.82, 2.24) is 4.90 Å². The Bertz CT molecular complexity index is 398. The minimum Gasteiger partial charge on any atom is -0.367 e. The van der Waals surface area contributed by atoms with Crippen LogP contribution in [0.25, 0.3) is 0 Å². The molecule has 1 aliphatic heterocycles. The molecule has 2 aliphatic rings. The molecule has 3 rings (SSSR count). The predicted molar refractivity (Wildman–Crippen MR) is 58.7 cm³/mol. The van der Waals surface area contributed by atoms with Gasteiger partial charge in [-0.25, -0.2) is 0 Å². The summed E-state index contributed by atoms with van der Waals surface area (Å²) in [5.74, 6) is 0.189. The third-order valence-electron chi connectivity index (χ3n) is 3.37. The van der Waals surface area contributed by atoms with Crippen LogP contribution >= 0.6 is 0 Å². The fourth-order valence-corrected chi connectivity index (χ4v) is 2.21. The van der Waals surface area contributed by atoms with Crippen LogP contribution in [0.2, 0.25) is 0 Å². The number of hydrogen-bond donors (Lipinski definition) is 1. The Kier molecular flexibility index (Phi) is 1.91. The van der Waals surface area contributed by atoms with E-state index in [4.69, 9.17) is 0 Å². The fraction of sp³-hybridized carbons (Fsp3) is 0.417. The summed E-state index contributed by atoms with van der Waals surface area (Å²) in [6.07, 6.45) is 3.58. The van der Waals surface area contributed by atoms with Gasteiger partial charge < -0.3 is 10.2 Å². The Balaban J connectivity index is 1.91. The first-order valence-electron chi connectivity index (χ1n) is 5.50. The van der Waals surface area contributed by atoms with E-state index in [2.05, 4.69) is 5.32 Å². The zero-order chi connectivity index (χ0) is 10.3. The summed E-state index contributed by atoms with van der Waals surface area (Å²) in [5.41, 5.74) is 1.79. The van der Waals surface area contributed by atoms with E-state index in [1.54, 1.807) is 0 Å². The van der Waals surface area contributed by atoms with Crippen molar-refractivity contribution < 1.29 is 4.79 Å². The van der Waals surface area contributed by atoms with E-state index in [0.717, 1.165) is 24.1 Å². The van der Waals surface area contributed by atoms with Gasteiger partial charge in [-0.05, 0) is 31.4 Å².